The normalized spacial score (nSPS) is 9.75. The maximum absolute atomic E-state index is 8.65. The third-order valence-electron chi connectivity index (χ3n) is 2.00. The highest BCUT2D eigenvalue weighted by Crippen LogP contribution is 2.06. The van der Waals surface area contributed by atoms with Gasteiger partial charge in [-0.25, -0.2) is 0 Å². The number of nitrogens with zero attached hydrogens (tertiary/aromatic N) is 4. The fourth-order valence-electron chi connectivity index (χ4n) is 1.20. The van der Waals surface area contributed by atoms with Gasteiger partial charge in [-0.1, -0.05) is 12.1 Å². The molecule has 80 valence electrons. The van der Waals surface area contributed by atoms with E-state index >= 15 is 0 Å². The molecule has 1 aromatic carbocycles. The molecule has 0 unspecified atom stereocenters. The molecule has 0 saturated heterocycles. The molecule has 0 saturated carbocycles. The van der Waals surface area contributed by atoms with Gasteiger partial charge in [0.15, 0.2) is 0 Å². The molecule has 16 heavy (non-hydrogen) atoms. The van der Waals surface area contributed by atoms with Gasteiger partial charge in [0, 0.05) is 6.54 Å². The number of hydrogen-bond acceptors (Lipinski definition) is 4. The average molecular weight is 278 g/mol. The lowest BCUT2D eigenvalue weighted by molar-refractivity contribution is 1.01. The summed E-state index contributed by atoms with van der Waals surface area (Å²) in [7, 11) is 0. The van der Waals surface area contributed by atoms with Crippen LogP contribution in [0.25, 0.3) is 0 Å². The highest BCUT2D eigenvalue weighted by molar-refractivity contribution is 9.08. The monoisotopic (exact) mass is 277 g/mol. The summed E-state index contributed by atoms with van der Waals surface area (Å²) in [5.74, 6) is 0.557. The highest BCUT2D eigenvalue weighted by Gasteiger charge is 1.98. The number of nitriles is 1. The summed E-state index contributed by atoms with van der Waals surface area (Å²) in [6.07, 6.45) is 1.56. The van der Waals surface area contributed by atoms with E-state index in [1.807, 2.05) is 12.1 Å². The van der Waals surface area contributed by atoms with E-state index in [-0.39, 0.29) is 0 Å². The lowest BCUT2D eigenvalue weighted by Crippen LogP contribution is -2.01. The second kappa shape index (κ2) is 4.77. The van der Waals surface area contributed by atoms with Gasteiger partial charge in [0.2, 0.25) is 5.95 Å². The number of benzene rings is 1. The largest absolute Gasteiger partial charge is 0.349 e. The van der Waals surface area contributed by atoms with Crippen LogP contribution >= 0.6 is 16.1 Å². The molecule has 5 nitrogen and oxygen atoms in total. The standard InChI is InChI=1S/C10H8BrN5/c11-16-7-14-10(15-16)13-6-9-3-1-8(5-12)2-4-9/h1-4,7H,6H2,(H,13,15). The van der Waals surface area contributed by atoms with Crippen LogP contribution in [0.4, 0.5) is 5.95 Å². The van der Waals surface area contributed by atoms with Gasteiger partial charge in [0.05, 0.1) is 27.8 Å². The van der Waals surface area contributed by atoms with Crippen molar-refractivity contribution in [2.45, 2.75) is 6.54 Å². The fourth-order valence-corrected chi connectivity index (χ4v) is 1.45. The van der Waals surface area contributed by atoms with Gasteiger partial charge in [-0.15, -0.1) is 5.10 Å². The molecular formula is C10H8BrN5. The van der Waals surface area contributed by atoms with Crippen LogP contribution in [0.1, 0.15) is 11.1 Å². The molecule has 0 radical (unpaired) electrons. The van der Waals surface area contributed by atoms with E-state index in [2.05, 4.69) is 37.6 Å². The van der Waals surface area contributed by atoms with Crippen LogP contribution in [0.15, 0.2) is 30.6 Å². The van der Waals surface area contributed by atoms with E-state index in [4.69, 9.17) is 5.26 Å². The van der Waals surface area contributed by atoms with Gasteiger partial charge in [0.25, 0.3) is 0 Å². The van der Waals surface area contributed by atoms with Crippen molar-refractivity contribution in [1.29, 1.82) is 5.26 Å². The summed E-state index contributed by atoms with van der Waals surface area (Å²) >= 11 is 3.14. The molecule has 0 bridgehead atoms. The van der Waals surface area contributed by atoms with E-state index in [0.29, 0.717) is 18.1 Å². The zero-order chi connectivity index (χ0) is 11.4. The molecule has 0 aliphatic carbocycles. The third kappa shape index (κ3) is 2.58. The molecule has 2 rings (SSSR count). The number of nitrogens with one attached hydrogen (secondary N) is 1. The van der Waals surface area contributed by atoms with Crippen molar-refractivity contribution in [3.05, 3.63) is 41.7 Å². The molecule has 2 aromatic rings. The van der Waals surface area contributed by atoms with Crippen LogP contribution in [-0.4, -0.2) is 13.8 Å². The zero-order valence-electron chi connectivity index (χ0n) is 8.26. The molecule has 1 aromatic heterocycles. The predicted octanol–water partition coefficient (Wildman–Crippen LogP) is 1.92. The van der Waals surface area contributed by atoms with Crippen molar-refractivity contribution in [2.24, 2.45) is 0 Å². The Labute approximate surface area is 101 Å². The molecule has 1 N–H and O–H groups in total. The summed E-state index contributed by atoms with van der Waals surface area (Å²) < 4.78 is 1.45. The molecule has 0 spiro atoms. The number of hydrogen-bond donors (Lipinski definition) is 1. The summed E-state index contributed by atoms with van der Waals surface area (Å²) in [6.45, 7) is 0.628. The summed E-state index contributed by atoms with van der Waals surface area (Å²) in [4.78, 5) is 4.01. The topological polar surface area (TPSA) is 66.5 Å². The minimum Gasteiger partial charge on any atom is -0.349 e. The maximum Gasteiger partial charge on any atom is 0.243 e. The highest BCUT2D eigenvalue weighted by atomic mass is 79.9. The molecule has 0 aliphatic rings. The predicted molar refractivity (Wildman–Crippen MR) is 62.8 cm³/mol. The van der Waals surface area contributed by atoms with Crippen LogP contribution in [-0.2, 0) is 6.54 Å². The zero-order valence-corrected chi connectivity index (χ0v) is 9.85. The molecule has 0 amide bonds. The second-order valence-corrected chi connectivity index (χ2v) is 3.85. The van der Waals surface area contributed by atoms with Crippen molar-refractivity contribution in [1.82, 2.24) is 13.8 Å². The van der Waals surface area contributed by atoms with E-state index in [1.165, 1.54) is 3.71 Å². The van der Waals surface area contributed by atoms with E-state index in [1.54, 1.807) is 18.5 Å². The van der Waals surface area contributed by atoms with Gasteiger partial charge in [0.1, 0.15) is 6.33 Å². The van der Waals surface area contributed by atoms with E-state index < -0.39 is 0 Å². The summed E-state index contributed by atoms with van der Waals surface area (Å²) in [5.41, 5.74) is 1.73. The Kier molecular flexibility index (Phi) is 3.17. The first kappa shape index (κ1) is 10.6. The van der Waals surface area contributed by atoms with Crippen molar-refractivity contribution in [3.63, 3.8) is 0 Å². The first-order chi connectivity index (χ1) is 7.78. The Balaban J connectivity index is 1.97. The van der Waals surface area contributed by atoms with Gasteiger partial charge in [-0.2, -0.15) is 14.0 Å². The van der Waals surface area contributed by atoms with Gasteiger partial charge >= 0.3 is 0 Å². The van der Waals surface area contributed by atoms with Crippen LogP contribution in [0.3, 0.4) is 0 Å². The molecule has 6 heteroatoms. The Hall–Kier alpha value is -1.87. The molecular weight excluding hydrogens is 270 g/mol. The lowest BCUT2D eigenvalue weighted by atomic mass is 10.1. The molecule has 0 fully saturated rings. The quantitative estimate of drug-likeness (QED) is 0.931. The van der Waals surface area contributed by atoms with Crippen LogP contribution in [0.5, 0.6) is 0 Å². The van der Waals surface area contributed by atoms with Gasteiger partial charge in [-0.3, -0.25) is 0 Å². The minimum absolute atomic E-state index is 0.557. The molecule has 0 aliphatic heterocycles. The molecule has 0 atom stereocenters. The van der Waals surface area contributed by atoms with Crippen molar-refractivity contribution in [2.75, 3.05) is 5.32 Å². The Morgan fingerprint density at radius 1 is 1.38 bits per heavy atom. The maximum atomic E-state index is 8.65. The van der Waals surface area contributed by atoms with Gasteiger partial charge in [-0.05, 0) is 17.7 Å². The average Bonchev–Trinajstić information content (AvgIpc) is 2.73. The number of aromatic nitrogens is 3. The first-order valence-electron chi connectivity index (χ1n) is 4.58. The first-order valence-corrected chi connectivity index (χ1v) is 5.29. The van der Waals surface area contributed by atoms with Gasteiger partial charge < -0.3 is 5.32 Å². The third-order valence-corrected chi connectivity index (χ3v) is 2.34. The lowest BCUT2D eigenvalue weighted by Gasteiger charge is -2.01. The summed E-state index contributed by atoms with van der Waals surface area (Å²) in [5, 5.41) is 15.7. The SMILES string of the molecule is N#Cc1ccc(CNc2ncn(Br)n2)cc1. The summed E-state index contributed by atoms with van der Waals surface area (Å²) in [6, 6.07) is 9.45. The number of rotatable bonds is 3. The van der Waals surface area contributed by atoms with Crippen LogP contribution < -0.4 is 5.32 Å². The fraction of sp³-hybridized carbons (Fsp3) is 0.100. The Bertz CT molecular complexity index is 511. The van der Waals surface area contributed by atoms with Crippen molar-refractivity contribution in [3.8, 4) is 6.07 Å². The van der Waals surface area contributed by atoms with Crippen molar-refractivity contribution >= 4 is 22.1 Å². The second-order valence-electron chi connectivity index (χ2n) is 3.12. The smallest absolute Gasteiger partial charge is 0.243 e. The molecule has 1 heterocycles. The van der Waals surface area contributed by atoms with Crippen LogP contribution in [0.2, 0.25) is 0 Å². The van der Waals surface area contributed by atoms with Crippen LogP contribution in [0, 0.1) is 11.3 Å². The van der Waals surface area contributed by atoms with E-state index in [9.17, 15) is 0 Å². The Morgan fingerprint density at radius 3 is 2.69 bits per heavy atom. The van der Waals surface area contributed by atoms with Crippen molar-refractivity contribution < 1.29 is 0 Å². The number of anilines is 1. The van der Waals surface area contributed by atoms with E-state index in [0.717, 1.165) is 5.56 Å². The number of halogens is 1. The Morgan fingerprint density at radius 2 is 2.12 bits per heavy atom. The minimum atomic E-state index is 0.557.